The molecule has 0 radical (unpaired) electrons. The van der Waals surface area contributed by atoms with E-state index in [0.29, 0.717) is 17.9 Å². The van der Waals surface area contributed by atoms with Crippen molar-refractivity contribution in [1.82, 2.24) is 4.31 Å². The van der Waals surface area contributed by atoms with Gasteiger partial charge in [-0.25, -0.2) is 12.7 Å². The lowest BCUT2D eigenvalue weighted by Crippen LogP contribution is -2.23. The fourth-order valence-electron chi connectivity index (χ4n) is 2.57. The van der Waals surface area contributed by atoms with Crippen LogP contribution >= 0.6 is 0 Å². The molecule has 6 nitrogen and oxygen atoms in total. The molecule has 21 heavy (non-hydrogen) atoms. The molecule has 0 aliphatic heterocycles. The summed E-state index contributed by atoms with van der Waals surface area (Å²) in [4.78, 5) is 0.177. The maximum Gasteiger partial charge on any atom is 0.242 e. The van der Waals surface area contributed by atoms with E-state index < -0.39 is 10.0 Å². The maximum absolute atomic E-state index is 12.0. The van der Waals surface area contributed by atoms with Crippen LogP contribution < -0.4 is 11.1 Å². The van der Waals surface area contributed by atoms with Crippen LogP contribution in [0.15, 0.2) is 23.1 Å². The predicted octanol–water partition coefficient (Wildman–Crippen LogP) is 1.09. The lowest BCUT2D eigenvalue weighted by molar-refractivity contribution is 0.138. The van der Waals surface area contributed by atoms with E-state index in [9.17, 15) is 13.5 Å². The Bertz CT molecular complexity index is 601. The first-order valence-electron chi connectivity index (χ1n) is 7.06. The summed E-state index contributed by atoms with van der Waals surface area (Å²) in [6.07, 6.45) is 2.64. The van der Waals surface area contributed by atoms with Gasteiger partial charge in [0.05, 0.1) is 22.4 Å². The first-order chi connectivity index (χ1) is 9.82. The third-order valence-electron chi connectivity index (χ3n) is 3.98. The minimum atomic E-state index is -3.47. The van der Waals surface area contributed by atoms with E-state index in [4.69, 9.17) is 5.73 Å². The summed E-state index contributed by atoms with van der Waals surface area (Å²) in [5, 5.41) is 13.0. The van der Waals surface area contributed by atoms with Gasteiger partial charge in [0, 0.05) is 26.6 Å². The van der Waals surface area contributed by atoms with Crippen LogP contribution in [0.2, 0.25) is 0 Å². The van der Waals surface area contributed by atoms with Crippen LogP contribution in [-0.4, -0.2) is 44.6 Å². The molecule has 118 valence electrons. The van der Waals surface area contributed by atoms with E-state index in [0.717, 1.165) is 23.6 Å². The third kappa shape index (κ3) is 3.48. The number of hydrogen-bond donors (Lipinski definition) is 3. The lowest BCUT2D eigenvalue weighted by Gasteiger charge is -2.18. The number of aliphatic hydroxyl groups is 1. The van der Waals surface area contributed by atoms with Gasteiger partial charge in [-0.15, -0.1) is 0 Å². The smallest absolute Gasteiger partial charge is 0.242 e. The number of nitrogens with two attached hydrogens (primary N) is 1. The first kappa shape index (κ1) is 16.1. The van der Waals surface area contributed by atoms with Crippen LogP contribution in [0.5, 0.6) is 0 Å². The minimum Gasteiger partial charge on any atom is -0.397 e. The molecular formula is C14H23N3O3S. The molecule has 0 bridgehead atoms. The van der Waals surface area contributed by atoms with E-state index in [1.54, 1.807) is 12.1 Å². The second kappa shape index (κ2) is 6.21. The molecule has 7 heteroatoms. The molecule has 0 amide bonds. The largest absolute Gasteiger partial charge is 0.397 e. The summed E-state index contributed by atoms with van der Waals surface area (Å²) in [7, 11) is -0.499. The zero-order valence-corrected chi connectivity index (χ0v) is 13.2. The van der Waals surface area contributed by atoms with E-state index in [-0.39, 0.29) is 16.9 Å². The lowest BCUT2D eigenvalue weighted by atomic mass is 10.1. The number of anilines is 2. The fourth-order valence-corrected chi connectivity index (χ4v) is 3.51. The Morgan fingerprint density at radius 3 is 2.62 bits per heavy atom. The zero-order chi connectivity index (χ0) is 15.6. The van der Waals surface area contributed by atoms with Crippen LogP contribution in [0.25, 0.3) is 0 Å². The van der Waals surface area contributed by atoms with Crippen LogP contribution in [-0.2, 0) is 10.0 Å². The van der Waals surface area contributed by atoms with Crippen LogP contribution in [0.3, 0.4) is 0 Å². The van der Waals surface area contributed by atoms with Crippen LogP contribution in [0.4, 0.5) is 11.4 Å². The van der Waals surface area contributed by atoms with Crippen molar-refractivity contribution in [3.05, 3.63) is 18.2 Å². The molecule has 0 heterocycles. The summed E-state index contributed by atoms with van der Waals surface area (Å²) in [5.74, 6) is 0.231. The predicted molar refractivity (Wildman–Crippen MR) is 83.6 cm³/mol. The highest BCUT2D eigenvalue weighted by molar-refractivity contribution is 7.89. The van der Waals surface area contributed by atoms with Crippen molar-refractivity contribution in [3.63, 3.8) is 0 Å². The van der Waals surface area contributed by atoms with Crippen molar-refractivity contribution in [2.45, 2.75) is 30.3 Å². The summed E-state index contributed by atoms with van der Waals surface area (Å²) in [6.45, 7) is 0.644. The van der Waals surface area contributed by atoms with Gasteiger partial charge >= 0.3 is 0 Å². The molecule has 1 aliphatic rings. The highest BCUT2D eigenvalue weighted by Crippen LogP contribution is 2.28. The number of benzene rings is 1. The molecule has 0 aromatic heterocycles. The molecule has 4 N–H and O–H groups in total. The fraction of sp³-hybridized carbons (Fsp3) is 0.571. The molecule has 2 rings (SSSR count). The Labute approximate surface area is 126 Å². The van der Waals surface area contributed by atoms with Crippen molar-refractivity contribution in [1.29, 1.82) is 0 Å². The normalized spacial score (nSPS) is 22.7. The van der Waals surface area contributed by atoms with Gasteiger partial charge in [0.2, 0.25) is 10.0 Å². The number of aliphatic hydroxyl groups excluding tert-OH is 1. The Hall–Kier alpha value is -1.31. The van der Waals surface area contributed by atoms with Crippen molar-refractivity contribution in [2.75, 3.05) is 31.7 Å². The van der Waals surface area contributed by atoms with Crippen LogP contribution in [0.1, 0.15) is 19.3 Å². The van der Waals surface area contributed by atoms with Gasteiger partial charge in [0.15, 0.2) is 0 Å². The number of nitrogens with one attached hydrogen (secondary N) is 1. The van der Waals surface area contributed by atoms with E-state index in [1.807, 2.05) is 0 Å². The summed E-state index contributed by atoms with van der Waals surface area (Å²) in [5.41, 5.74) is 7.02. The number of nitrogen functional groups attached to an aromatic ring is 1. The molecule has 0 spiro atoms. The second-order valence-corrected chi connectivity index (χ2v) is 7.83. The monoisotopic (exact) mass is 313 g/mol. The molecule has 2 unspecified atom stereocenters. The van der Waals surface area contributed by atoms with E-state index in [2.05, 4.69) is 5.32 Å². The number of sulfonamides is 1. The summed E-state index contributed by atoms with van der Waals surface area (Å²) in [6, 6.07) is 4.68. The standard InChI is InChI=1S/C14H23N3O3S/c1-17(2)21(19,20)11-6-7-13(12(15)8-11)16-9-10-4-3-5-14(10)18/h6-8,10,14,16,18H,3-5,9,15H2,1-2H3. The summed E-state index contributed by atoms with van der Waals surface area (Å²) < 4.78 is 25.2. The van der Waals surface area contributed by atoms with Gasteiger partial charge in [0.1, 0.15) is 0 Å². The molecular weight excluding hydrogens is 290 g/mol. The molecule has 1 aliphatic carbocycles. The van der Waals surface area contributed by atoms with Gasteiger partial charge in [-0.3, -0.25) is 0 Å². The van der Waals surface area contributed by atoms with Crippen LogP contribution in [0, 0.1) is 5.92 Å². The molecule has 1 aromatic rings. The third-order valence-corrected chi connectivity index (χ3v) is 5.79. The average molecular weight is 313 g/mol. The Kier molecular flexibility index (Phi) is 4.75. The van der Waals surface area contributed by atoms with Gasteiger partial charge in [-0.1, -0.05) is 6.42 Å². The Morgan fingerprint density at radius 1 is 1.38 bits per heavy atom. The van der Waals surface area contributed by atoms with E-state index in [1.165, 1.54) is 20.2 Å². The number of hydrogen-bond acceptors (Lipinski definition) is 5. The van der Waals surface area contributed by atoms with E-state index >= 15 is 0 Å². The van der Waals surface area contributed by atoms with Gasteiger partial charge in [-0.2, -0.15) is 0 Å². The Balaban J connectivity index is 2.09. The maximum atomic E-state index is 12.0. The molecule has 1 fully saturated rings. The zero-order valence-electron chi connectivity index (χ0n) is 12.4. The van der Waals surface area contributed by atoms with Crippen molar-refractivity contribution in [2.24, 2.45) is 5.92 Å². The van der Waals surface area contributed by atoms with Gasteiger partial charge in [-0.05, 0) is 31.0 Å². The SMILES string of the molecule is CN(C)S(=O)(=O)c1ccc(NCC2CCCC2O)c(N)c1. The number of nitrogens with zero attached hydrogens (tertiary/aromatic N) is 1. The topological polar surface area (TPSA) is 95.7 Å². The Morgan fingerprint density at radius 2 is 2.10 bits per heavy atom. The quantitative estimate of drug-likeness (QED) is 0.707. The number of rotatable bonds is 5. The van der Waals surface area contributed by atoms with Crippen molar-refractivity contribution in [3.8, 4) is 0 Å². The highest BCUT2D eigenvalue weighted by Gasteiger charge is 2.25. The first-order valence-corrected chi connectivity index (χ1v) is 8.50. The molecule has 1 aromatic carbocycles. The average Bonchev–Trinajstić information content (AvgIpc) is 2.82. The van der Waals surface area contributed by atoms with Gasteiger partial charge < -0.3 is 16.2 Å². The molecule has 1 saturated carbocycles. The van der Waals surface area contributed by atoms with Crippen molar-refractivity contribution < 1.29 is 13.5 Å². The summed E-state index contributed by atoms with van der Waals surface area (Å²) >= 11 is 0. The van der Waals surface area contributed by atoms with Crippen molar-refractivity contribution >= 4 is 21.4 Å². The van der Waals surface area contributed by atoms with Gasteiger partial charge in [0.25, 0.3) is 0 Å². The highest BCUT2D eigenvalue weighted by atomic mass is 32.2. The minimum absolute atomic E-state index is 0.177. The second-order valence-electron chi connectivity index (χ2n) is 5.68. The molecule has 2 atom stereocenters. The molecule has 0 saturated heterocycles.